The van der Waals surface area contributed by atoms with Crippen molar-refractivity contribution in [1.29, 1.82) is 0 Å². The Morgan fingerprint density at radius 2 is 1.84 bits per heavy atom. The molecule has 3 rings (SSSR count). The number of aromatic nitrogens is 2. The van der Waals surface area contributed by atoms with Crippen LogP contribution in [0.3, 0.4) is 0 Å². The predicted octanol–water partition coefficient (Wildman–Crippen LogP) is 0.928. The van der Waals surface area contributed by atoms with E-state index in [0.717, 1.165) is 33.6 Å². The maximum absolute atomic E-state index is 11.2. The van der Waals surface area contributed by atoms with Crippen LogP contribution in [0.25, 0.3) is 21.8 Å². The van der Waals surface area contributed by atoms with Gasteiger partial charge in [-0.3, -0.25) is 0 Å². The summed E-state index contributed by atoms with van der Waals surface area (Å²) in [5.74, 6) is 0. The Morgan fingerprint density at radius 1 is 1.11 bits per heavy atom. The number of fused-ring (bicyclic) bond motifs is 3. The first-order chi connectivity index (χ1) is 9.09. The van der Waals surface area contributed by atoms with Crippen LogP contribution >= 0.6 is 0 Å². The van der Waals surface area contributed by atoms with Crippen molar-refractivity contribution in [3.8, 4) is 0 Å². The number of nitrogens with one attached hydrogen (secondary N) is 1. The zero-order valence-corrected chi connectivity index (χ0v) is 10.8. The Labute approximate surface area is 109 Å². The summed E-state index contributed by atoms with van der Waals surface area (Å²) in [7, 11) is -2.98. The third kappa shape index (κ3) is 2.13. The van der Waals surface area contributed by atoms with Gasteiger partial charge in [0.2, 0.25) is 12.4 Å². The van der Waals surface area contributed by atoms with Gasteiger partial charge in [0, 0.05) is 21.7 Å². The Balaban J connectivity index is 2.17. The first kappa shape index (κ1) is 11.9. The molecule has 7 heteroatoms. The van der Waals surface area contributed by atoms with E-state index in [1.165, 1.54) is 6.20 Å². The molecule has 6 nitrogen and oxygen atoms in total. The van der Waals surface area contributed by atoms with Crippen LogP contribution in [0, 0.1) is 0 Å². The lowest BCUT2D eigenvalue weighted by molar-refractivity contribution is -0.856. The first-order valence-electron chi connectivity index (χ1n) is 5.51. The van der Waals surface area contributed by atoms with Crippen LogP contribution in [0.5, 0.6) is 0 Å². The molecule has 2 aromatic heterocycles. The highest BCUT2D eigenvalue weighted by molar-refractivity contribution is 7.81. The van der Waals surface area contributed by atoms with Crippen LogP contribution in [0.1, 0.15) is 0 Å². The normalized spacial score (nSPS) is 12.1. The molecule has 1 aromatic carbocycles. The number of hydrogen-bond donors (Lipinski definition) is 1. The molecule has 3 aromatic rings. The molecular weight excluding hydrogens is 268 g/mol. The van der Waals surface area contributed by atoms with Crippen molar-refractivity contribution < 1.29 is 21.6 Å². The maximum Gasteiger partial charge on any atom is 0.502 e. The van der Waals surface area contributed by atoms with E-state index in [4.69, 9.17) is 4.28 Å². The van der Waals surface area contributed by atoms with Gasteiger partial charge in [0.15, 0.2) is 0 Å². The predicted molar refractivity (Wildman–Crippen MR) is 68.5 cm³/mol. The van der Waals surface area contributed by atoms with Crippen LogP contribution in [-0.4, -0.2) is 20.5 Å². The second-order valence-electron chi connectivity index (χ2n) is 3.95. The Morgan fingerprint density at radius 3 is 2.63 bits per heavy atom. The largest absolute Gasteiger partial charge is 0.502 e. The Hall–Kier alpha value is -2.12. The second kappa shape index (κ2) is 4.22. The van der Waals surface area contributed by atoms with Gasteiger partial charge in [-0.2, -0.15) is 8.42 Å². The van der Waals surface area contributed by atoms with Crippen LogP contribution in [0.4, 0.5) is 0 Å². The summed E-state index contributed by atoms with van der Waals surface area (Å²) in [6, 6.07) is 9.48. The molecule has 0 saturated carbocycles. The average Bonchev–Trinajstić information content (AvgIpc) is 2.76. The minimum atomic E-state index is -4.02. The van der Waals surface area contributed by atoms with Crippen LogP contribution in [-0.2, 0) is 14.6 Å². The lowest BCUT2D eigenvalue weighted by atomic mass is 10.2. The molecule has 0 aliphatic heterocycles. The number of para-hydroxylation sites is 1. The zero-order chi connectivity index (χ0) is 13.5. The highest BCUT2D eigenvalue weighted by atomic mass is 32.3. The fourth-order valence-corrected chi connectivity index (χ4v) is 2.32. The van der Waals surface area contributed by atoms with Gasteiger partial charge in [-0.15, -0.1) is 4.28 Å². The molecule has 19 heavy (non-hydrogen) atoms. The third-order valence-corrected chi connectivity index (χ3v) is 3.57. The molecule has 0 saturated heterocycles. The van der Waals surface area contributed by atoms with Crippen LogP contribution in [0.15, 0.2) is 42.7 Å². The number of rotatable bonds is 3. The number of nitrogens with zero attached hydrogens (tertiary/aromatic N) is 1. The number of benzene rings is 1. The van der Waals surface area contributed by atoms with Gasteiger partial charge in [-0.25, -0.2) is 4.18 Å². The summed E-state index contributed by atoms with van der Waals surface area (Å²) >= 11 is 0. The summed E-state index contributed by atoms with van der Waals surface area (Å²) in [6.45, 7) is 0. The van der Waals surface area contributed by atoms with Crippen LogP contribution in [0.2, 0.25) is 0 Å². The summed E-state index contributed by atoms with van der Waals surface area (Å²) in [4.78, 5) is 3.23. The van der Waals surface area contributed by atoms with E-state index in [-0.39, 0.29) is 0 Å². The standard InChI is InChI=1S/C12H10N2O4S/c1-17-19(15,16)18-14-7-6-12-10(8-14)9-4-2-3-5-11(9)13-12/h2-8H,1H3/p+1. The summed E-state index contributed by atoms with van der Waals surface area (Å²) in [6.07, 6.45) is 3.08. The highest BCUT2D eigenvalue weighted by Crippen LogP contribution is 2.23. The topological polar surface area (TPSA) is 72.3 Å². The molecular formula is C12H11N2O4S+. The number of H-pyrrole nitrogens is 1. The van der Waals surface area contributed by atoms with E-state index in [2.05, 4.69) is 9.17 Å². The van der Waals surface area contributed by atoms with E-state index in [9.17, 15) is 8.42 Å². The first-order valence-corrected chi connectivity index (χ1v) is 6.85. The molecule has 98 valence electrons. The minimum Gasteiger partial charge on any atom is -0.354 e. The molecule has 0 fully saturated rings. The third-order valence-electron chi connectivity index (χ3n) is 2.80. The number of aromatic amines is 1. The summed E-state index contributed by atoms with van der Waals surface area (Å²) in [5.41, 5.74) is 1.88. The summed E-state index contributed by atoms with van der Waals surface area (Å²) < 4.78 is 32.5. The van der Waals surface area contributed by atoms with Gasteiger partial charge in [0.25, 0.3) is 0 Å². The van der Waals surface area contributed by atoms with E-state index < -0.39 is 10.4 Å². The lowest BCUT2D eigenvalue weighted by Gasteiger charge is -1.96. The van der Waals surface area contributed by atoms with E-state index in [0.29, 0.717) is 0 Å². The summed E-state index contributed by atoms with van der Waals surface area (Å²) in [5, 5.41) is 1.86. The van der Waals surface area contributed by atoms with Crippen molar-refractivity contribution in [2.45, 2.75) is 0 Å². The van der Waals surface area contributed by atoms with Gasteiger partial charge in [-0.05, 0) is 6.07 Å². The Kier molecular flexibility index (Phi) is 2.65. The van der Waals surface area contributed by atoms with E-state index in [1.807, 2.05) is 24.3 Å². The average molecular weight is 279 g/mol. The van der Waals surface area contributed by atoms with Crippen molar-refractivity contribution >= 4 is 32.2 Å². The molecule has 0 aliphatic carbocycles. The molecule has 0 radical (unpaired) electrons. The fourth-order valence-electron chi connectivity index (χ4n) is 1.96. The monoisotopic (exact) mass is 279 g/mol. The van der Waals surface area contributed by atoms with E-state index in [1.54, 1.807) is 12.3 Å². The van der Waals surface area contributed by atoms with E-state index >= 15 is 0 Å². The van der Waals surface area contributed by atoms with Crippen molar-refractivity contribution in [3.63, 3.8) is 0 Å². The number of hydrogen-bond acceptors (Lipinski definition) is 4. The van der Waals surface area contributed by atoms with Crippen molar-refractivity contribution in [3.05, 3.63) is 42.7 Å². The van der Waals surface area contributed by atoms with Crippen LogP contribution < -0.4 is 9.01 Å². The van der Waals surface area contributed by atoms with Gasteiger partial charge in [0.1, 0.15) is 0 Å². The van der Waals surface area contributed by atoms with Crippen molar-refractivity contribution in [2.24, 2.45) is 0 Å². The molecule has 1 N–H and O–H groups in total. The quantitative estimate of drug-likeness (QED) is 0.724. The zero-order valence-electron chi connectivity index (χ0n) is 10.0. The van der Waals surface area contributed by atoms with Gasteiger partial charge < -0.3 is 4.98 Å². The lowest BCUT2D eigenvalue weighted by Crippen LogP contribution is -2.45. The molecule has 2 heterocycles. The minimum absolute atomic E-state index is 0.865. The maximum atomic E-state index is 11.2. The highest BCUT2D eigenvalue weighted by Gasteiger charge is 2.19. The van der Waals surface area contributed by atoms with Gasteiger partial charge >= 0.3 is 10.4 Å². The molecule has 0 amide bonds. The Bertz CT molecular complexity index is 854. The van der Waals surface area contributed by atoms with Gasteiger partial charge in [0.05, 0.1) is 18.0 Å². The molecule has 0 aliphatic rings. The SMILES string of the molecule is COS(=O)(=O)O[n+]1ccc2[nH]c3ccccc3c2c1. The molecule has 0 unspecified atom stereocenters. The smallest absolute Gasteiger partial charge is 0.354 e. The molecule has 0 spiro atoms. The number of pyridine rings is 1. The fraction of sp³-hybridized carbons (Fsp3) is 0.0833. The molecule has 0 bridgehead atoms. The van der Waals surface area contributed by atoms with Crippen molar-refractivity contribution in [1.82, 2.24) is 4.98 Å². The van der Waals surface area contributed by atoms with Crippen molar-refractivity contribution in [2.75, 3.05) is 7.11 Å². The van der Waals surface area contributed by atoms with Gasteiger partial charge in [-0.1, -0.05) is 18.2 Å². The second-order valence-corrected chi connectivity index (χ2v) is 5.25. The molecule has 0 atom stereocenters.